The molecule has 0 heterocycles. The maximum atomic E-state index is 11.1. The van der Waals surface area contributed by atoms with Crippen molar-refractivity contribution in [2.24, 2.45) is 0 Å². The Balaban J connectivity index is 4.07. The van der Waals surface area contributed by atoms with Crippen LogP contribution in [0.2, 0.25) is 0 Å². The molecule has 0 aromatic rings. The van der Waals surface area contributed by atoms with Crippen molar-refractivity contribution >= 4 is 5.97 Å². The molecule has 0 saturated heterocycles. The van der Waals surface area contributed by atoms with Crippen LogP contribution >= 0.6 is 0 Å². The first-order valence-electron chi connectivity index (χ1n) is 5.10. The van der Waals surface area contributed by atoms with E-state index in [9.17, 15) is 4.79 Å². The summed E-state index contributed by atoms with van der Waals surface area (Å²) in [6.07, 6.45) is 5.84. The van der Waals surface area contributed by atoms with E-state index in [0.717, 1.165) is 25.7 Å². The van der Waals surface area contributed by atoms with Crippen molar-refractivity contribution in [3.63, 3.8) is 0 Å². The molecule has 2 nitrogen and oxygen atoms in total. The highest BCUT2D eigenvalue weighted by Gasteiger charge is 2.00. The SMILES string of the molecule is CCCC(=CC(=O)OCC)CCC. The number of rotatable bonds is 6. The summed E-state index contributed by atoms with van der Waals surface area (Å²) in [5.74, 6) is -0.195. The second-order valence-corrected chi connectivity index (χ2v) is 3.05. The molecule has 0 spiro atoms. The maximum absolute atomic E-state index is 11.1. The molecule has 0 rings (SSSR count). The van der Waals surface area contributed by atoms with Gasteiger partial charge in [0.2, 0.25) is 0 Å². The van der Waals surface area contributed by atoms with E-state index in [0.29, 0.717) is 6.61 Å². The Morgan fingerprint density at radius 1 is 1.15 bits per heavy atom. The van der Waals surface area contributed by atoms with Gasteiger partial charge in [0.1, 0.15) is 0 Å². The number of ether oxygens (including phenoxy) is 1. The Morgan fingerprint density at radius 3 is 2.08 bits per heavy atom. The van der Waals surface area contributed by atoms with Crippen LogP contribution in [0.15, 0.2) is 11.6 Å². The summed E-state index contributed by atoms with van der Waals surface area (Å²) in [4.78, 5) is 11.1. The van der Waals surface area contributed by atoms with Gasteiger partial charge in [-0.3, -0.25) is 0 Å². The molecule has 13 heavy (non-hydrogen) atoms. The smallest absolute Gasteiger partial charge is 0.330 e. The number of carbonyl (C=O) groups is 1. The maximum Gasteiger partial charge on any atom is 0.330 e. The molecular formula is C11H20O2. The van der Waals surface area contributed by atoms with Crippen LogP contribution < -0.4 is 0 Å². The molecule has 0 aliphatic rings. The van der Waals surface area contributed by atoms with Gasteiger partial charge in [-0.2, -0.15) is 0 Å². The van der Waals surface area contributed by atoms with E-state index in [1.54, 1.807) is 6.08 Å². The van der Waals surface area contributed by atoms with E-state index in [2.05, 4.69) is 13.8 Å². The van der Waals surface area contributed by atoms with Crippen LogP contribution in [0.5, 0.6) is 0 Å². The Bertz CT molecular complexity index is 163. The molecule has 76 valence electrons. The van der Waals surface area contributed by atoms with Gasteiger partial charge < -0.3 is 4.74 Å². The summed E-state index contributed by atoms with van der Waals surface area (Å²) < 4.78 is 4.85. The van der Waals surface area contributed by atoms with E-state index in [1.807, 2.05) is 6.92 Å². The lowest BCUT2D eigenvalue weighted by Gasteiger charge is -2.03. The minimum atomic E-state index is -0.195. The van der Waals surface area contributed by atoms with E-state index in [4.69, 9.17) is 4.74 Å². The molecular weight excluding hydrogens is 164 g/mol. The third-order valence-corrected chi connectivity index (χ3v) is 1.75. The molecule has 0 aliphatic heterocycles. The molecule has 0 aromatic carbocycles. The number of hydrogen-bond acceptors (Lipinski definition) is 2. The van der Waals surface area contributed by atoms with Crippen LogP contribution in [-0.4, -0.2) is 12.6 Å². The average Bonchev–Trinajstić information content (AvgIpc) is 2.05. The van der Waals surface area contributed by atoms with Gasteiger partial charge in [-0.05, 0) is 19.8 Å². The Kier molecular flexibility index (Phi) is 7.36. The van der Waals surface area contributed by atoms with Gasteiger partial charge in [0.15, 0.2) is 0 Å². The van der Waals surface area contributed by atoms with Crippen molar-refractivity contribution in [2.45, 2.75) is 46.5 Å². The second kappa shape index (κ2) is 7.84. The zero-order chi connectivity index (χ0) is 10.1. The molecule has 0 atom stereocenters. The van der Waals surface area contributed by atoms with E-state index >= 15 is 0 Å². The molecule has 0 saturated carbocycles. The van der Waals surface area contributed by atoms with Crippen LogP contribution in [0.4, 0.5) is 0 Å². The molecule has 0 N–H and O–H groups in total. The topological polar surface area (TPSA) is 26.3 Å². The summed E-state index contributed by atoms with van der Waals surface area (Å²) in [6.45, 7) is 6.52. The molecule has 0 unspecified atom stereocenters. The van der Waals surface area contributed by atoms with Crippen molar-refractivity contribution in [2.75, 3.05) is 6.61 Å². The first-order chi connectivity index (χ1) is 6.24. The lowest BCUT2D eigenvalue weighted by atomic mass is 10.1. The number of allylic oxidation sites excluding steroid dienone is 1. The van der Waals surface area contributed by atoms with Gasteiger partial charge in [0.25, 0.3) is 0 Å². The molecule has 0 aliphatic carbocycles. The van der Waals surface area contributed by atoms with Crippen molar-refractivity contribution in [1.82, 2.24) is 0 Å². The number of esters is 1. The predicted octanol–water partition coefficient (Wildman–Crippen LogP) is 3.08. The van der Waals surface area contributed by atoms with Crippen LogP contribution in [0.1, 0.15) is 46.5 Å². The Morgan fingerprint density at radius 2 is 1.69 bits per heavy atom. The van der Waals surface area contributed by atoms with Crippen LogP contribution in [-0.2, 0) is 9.53 Å². The van der Waals surface area contributed by atoms with Crippen molar-refractivity contribution in [1.29, 1.82) is 0 Å². The van der Waals surface area contributed by atoms with Crippen molar-refractivity contribution in [3.8, 4) is 0 Å². The summed E-state index contributed by atoms with van der Waals surface area (Å²) in [6, 6.07) is 0. The zero-order valence-corrected chi connectivity index (χ0v) is 8.93. The number of carbonyl (C=O) groups excluding carboxylic acids is 1. The normalized spacial score (nSPS) is 9.46. The highest BCUT2D eigenvalue weighted by atomic mass is 16.5. The third kappa shape index (κ3) is 6.38. The summed E-state index contributed by atoms with van der Waals surface area (Å²) >= 11 is 0. The van der Waals surface area contributed by atoms with Gasteiger partial charge in [0, 0.05) is 6.08 Å². The zero-order valence-electron chi connectivity index (χ0n) is 8.93. The average molecular weight is 184 g/mol. The molecule has 2 heteroatoms. The lowest BCUT2D eigenvalue weighted by Crippen LogP contribution is -2.01. The van der Waals surface area contributed by atoms with Crippen LogP contribution in [0.25, 0.3) is 0 Å². The summed E-state index contributed by atoms with van der Waals surface area (Å²) in [5, 5.41) is 0. The van der Waals surface area contributed by atoms with Gasteiger partial charge in [-0.1, -0.05) is 32.3 Å². The fraction of sp³-hybridized carbons (Fsp3) is 0.727. The summed E-state index contributed by atoms with van der Waals surface area (Å²) in [7, 11) is 0. The first kappa shape index (κ1) is 12.2. The third-order valence-electron chi connectivity index (χ3n) is 1.75. The van der Waals surface area contributed by atoms with E-state index in [-0.39, 0.29) is 5.97 Å². The Labute approximate surface area is 81.0 Å². The number of hydrogen-bond donors (Lipinski definition) is 0. The fourth-order valence-electron chi connectivity index (χ4n) is 1.26. The van der Waals surface area contributed by atoms with Crippen LogP contribution in [0.3, 0.4) is 0 Å². The molecule has 0 aromatic heterocycles. The molecule has 0 amide bonds. The Hall–Kier alpha value is -0.790. The van der Waals surface area contributed by atoms with Gasteiger partial charge >= 0.3 is 5.97 Å². The monoisotopic (exact) mass is 184 g/mol. The van der Waals surface area contributed by atoms with Crippen molar-refractivity contribution < 1.29 is 9.53 Å². The summed E-state index contributed by atoms with van der Waals surface area (Å²) in [5.41, 5.74) is 1.21. The second-order valence-electron chi connectivity index (χ2n) is 3.05. The van der Waals surface area contributed by atoms with Crippen LogP contribution in [0, 0.1) is 0 Å². The highest BCUT2D eigenvalue weighted by molar-refractivity contribution is 5.82. The standard InChI is InChI=1S/C11H20O2/c1-4-7-10(8-5-2)9-11(12)13-6-3/h9H,4-8H2,1-3H3. The largest absolute Gasteiger partial charge is 0.463 e. The minimum Gasteiger partial charge on any atom is -0.463 e. The highest BCUT2D eigenvalue weighted by Crippen LogP contribution is 2.11. The quantitative estimate of drug-likeness (QED) is 0.468. The van der Waals surface area contributed by atoms with E-state index in [1.165, 1.54) is 5.57 Å². The first-order valence-corrected chi connectivity index (χ1v) is 5.10. The predicted molar refractivity (Wildman–Crippen MR) is 54.5 cm³/mol. The molecule has 0 radical (unpaired) electrons. The van der Waals surface area contributed by atoms with Gasteiger partial charge in [-0.15, -0.1) is 0 Å². The van der Waals surface area contributed by atoms with Gasteiger partial charge in [-0.25, -0.2) is 4.79 Å². The van der Waals surface area contributed by atoms with E-state index < -0.39 is 0 Å². The minimum absolute atomic E-state index is 0.195. The molecule has 0 bridgehead atoms. The lowest BCUT2D eigenvalue weighted by molar-refractivity contribution is -0.137. The molecule has 0 fully saturated rings. The van der Waals surface area contributed by atoms with Gasteiger partial charge in [0.05, 0.1) is 6.61 Å². The van der Waals surface area contributed by atoms with Crippen molar-refractivity contribution in [3.05, 3.63) is 11.6 Å². The fourth-order valence-corrected chi connectivity index (χ4v) is 1.26.